The molecule has 2 fully saturated rings. The van der Waals surface area contributed by atoms with Gasteiger partial charge in [-0.25, -0.2) is 0 Å². The molecule has 2 N–H and O–H groups in total. The van der Waals surface area contributed by atoms with Gasteiger partial charge < -0.3 is 10.6 Å². The lowest BCUT2D eigenvalue weighted by atomic mass is 9.78. The molecule has 1 aromatic carbocycles. The number of halogens is 2. The number of fused-ring (bicyclic) bond motifs is 1. The molecule has 1 saturated carbocycles. The highest BCUT2D eigenvalue weighted by Gasteiger charge is 2.40. The Labute approximate surface area is 133 Å². The van der Waals surface area contributed by atoms with E-state index < -0.39 is 4.92 Å². The first-order valence-corrected chi connectivity index (χ1v) is 7.87. The van der Waals surface area contributed by atoms with Gasteiger partial charge in [-0.2, -0.15) is 0 Å². The second kappa shape index (κ2) is 5.63. The smallest absolute Gasteiger partial charge is 0.294 e. The molecule has 1 saturated heterocycles. The lowest BCUT2D eigenvalue weighted by Gasteiger charge is -2.29. The third-order valence-electron chi connectivity index (χ3n) is 4.71. The van der Waals surface area contributed by atoms with E-state index in [1.54, 1.807) is 6.07 Å². The van der Waals surface area contributed by atoms with Crippen molar-refractivity contribution in [2.24, 2.45) is 17.6 Å². The van der Waals surface area contributed by atoms with Crippen molar-refractivity contribution >= 4 is 34.6 Å². The molecular formula is C14H17Cl2N3O2. The molecule has 1 aromatic rings. The highest BCUT2D eigenvalue weighted by Crippen LogP contribution is 2.42. The second-order valence-electron chi connectivity index (χ2n) is 5.94. The maximum absolute atomic E-state index is 11.3. The van der Waals surface area contributed by atoms with Crippen LogP contribution in [0, 0.1) is 22.0 Å². The first-order valence-electron chi connectivity index (χ1n) is 7.11. The maximum Gasteiger partial charge on any atom is 0.294 e. The van der Waals surface area contributed by atoms with E-state index in [0.29, 0.717) is 22.5 Å². The number of nitrogens with zero attached hydrogens (tertiary/aromatic N) is 2. The minimum absolute atomic E-state index is 0.0108. The standard InChI is InChI=1S/C14H17Cl2N3O2/c15-10-4-13(14(19(20)21)5-11(10)16)18-6-8-2-1-3-12(17)9(8)7-18/h4-5,8-9,12H,1-3,6-7,17H2. The summed E-state index contributed by atoms with van der Waals surface area (Å²) in [6.07, 6.45) is 3.32. The van der Waals surface area contributed by atoms with Gasteiger partial charge in [-0.15, -0.1) is 0 Å². The highest BCUT2D eigenvalue weighted by molar-refractivity contribution is 6.42. The number of hydrogen-bond acceptors (Lipinski definition) is 4. The van der Waals surface area contributed by atoms with Crippen molar-refractivity contribution in [1.29, 1.82) is 0 Å². The van der Waals surface area contributed by atoms with Crippen LogP contribution in [0.1, 0.15) is 19.3 Å². The predicted molar refractivity (Wildman–Crippen MR) is 84.1 cm³/mol. The molecule has 114 valence electrons. The molecule has 3 atom stereocenters. The summed E-state index contributed by atoms with van der Waals surface area (Å²) in [6.45, 7) is 1.56. The monoisotopic (exact) mass is 329 g/mol. The third-order valence-corrected chi connectivity index (χ3v) is 5.43. The summed E-state index contributed by atoms with van der Waals surface area (Å²) in [4.78, 5) is 12.9. The zero-order chi connectivity index (χ0) is 15.1. The Kier molecular flexibility index (Phi) is 3.99. The van der Waals surface area contributed by atoms with E-state index in [0.717, 1.165) is 32.4 Å². The fraction of sp³-hybridized carbons (Fsp3) is 0.571. The van der Waals surface area contributed by atoms with Crippen LogP contribution < -0.4 is 10.6 Å². The van der Waals surface area contributed by atoms with Crippen molar-refractivity contribution in [1.82, 2.24) is 0 Å². The first kappa shape index (κ1) is 14.9. The van der Waals surface area contributed by atoms with E-state index in [4.69, 9.17) is 28.9 Å². The van der Waals surface area contributed by atoms with Crippen molar-refractivity contribution < 1.29 is 4.92 Å². The second-order valence-corrected chi connectivity index (χ2v) is 6.75. The molecule has 0 aromatic heterocycles. The Balaban J connectivity index is 1.94. The molecular weight excluding hydrogens is 313 g/mol. The van der Waals surface area contributed by atoms with Crippen LogP contribution in [0.2, 0.25) is 10.0 Å². The van der Waals surface area contributed by atoms with Crippen molar-refractivity contribution in [3.05, 3.63) is 32.3 Å². The van der Waals surface area contributed by atoms with Gasteiger partial charge in [0.05, 0.1) is 15.0 Å². The summed E-state index contributed by atoms with van der Waals surface area (Å²) in [5, 5.41) is 11.8. The van der Waals surface area contributed by atoms with Gasteiger partial charge in [0.2, 0.25) is 0 Å². The van der Waals surface area contributed by atoms with Crippen LogP contribution in [0.15, 0.2) is 12.1 Å². The zero-order valence-corrected chi connectivity index (χ0v) is 13.0. The number of hydrogen-bond donors (Lipinski definition) is 1. The third kappa shape index (κ3) is 2.70. The normalized spacial score (nSPS) is 28.5. The van der Waals surface area contributed by atoms with Gasteiger partial charge in [-0.05, 0) is 30.7 Å². The van der Waals surface area contributed by atoms with E-state index in [1.165, 1.54) is 6.07 Å². The SMILES string of the molecule is NC1CCCC2CN(c3cc(Cl)c(Cl)cc3[N+](=O)[O-])CC12. The van der Waals surface area contributed by atoms with Gasteiger partial charge in [0.15, 0.2) is 0 Å². The summed E-state index contributed by atoms with van der Waals surface area (Å²) in [5.74, 6) is 0.926. The topological polar surface area (TPSA) is 72.4 Å². The van der Waals surface area contributed by atoms with Gasteiger partial charge in [-0.3, -0.25) is 10.1 Å². The predicted octanol–water partition coefficient (Wildman–Crippen LogP) is 3.47. The molecule has 5 nitrogen and oxygen atoms in total. The van der Waals surface area contributed by atoms with E-state index in [2.05, 4.69) is 0 Å². The van der Waals surface area contributed by atoms with Gasteiger partial charge in [0, 0.05) is 25.2 Å². The fourth-order valence-corrected chi connectivity index (χ4v) is 3.95. The van der Waals surface area contributed by atoms with Gasteiger partial charge in [0.25, 0.3) is 5.69 Å². The lowest BCUT2D eigenvalue weighted by molar-refractivity contribution is -0.384. The maximum atomic E-state index is 11.3. The lowest BCUT2D eigenvalue weighted by Crippen LogP contribution is -2.38. The fourth-order valence-electron chi connectivity index (χ4n) is 3.64. The van der Waals surface area contributed by atoms with Crippen molar-refractivity contribution in [2.75, 3.05) is 18.0 Å². The molecule has 0 radical (unpaired) electrons. The summed E-state index contributed by atoms with van der Waals surface area (Å²) in [7, 11) is 0. The van der Waals surface area contributed by atoms with Crippen molar-refractivity contribution in [3.63, 3.8) is 0 Å². The van der Waals surface area contributed by atoms with E-state index >= 15 is 0 Å². The van der Waals surface area contributed by atoms with Gasteiger partial charge in [-0.1, -0.05) is 29.6 Å². The molecule has 3 rings (SSSR count). The van der Waals surface area contributed by atoms with Crippen LogP contribution >= 0.6 is 23.2 Å². The molecule has 21 heavy (non-hydrogen) atoms. The molecule has 1 heterocycles. The molecule has 0 amide bonds. The Bertz CT molecular complexity index is 582. The largest absolute Gasteiger partial charge is 0.365 e. The van der Waals surface area contributed by atoms with Crippen LogP contribution in [-0.4, -0.2) is 24.1 Å². The van der Waals surface area contributed by atoms with Crippen LogP contribution in [0.25, 0.3) is 0 Å². The minimum atomic E-state index is -0.403. The first-order chi connectivity index (χ1) is 9.97. The van der Waals surface area contributed by atoms with Crippen molar-refractivity contribution in [2.45, 2.75) is 25.3 Å². The number of rotatable bonds is 2. The Morgan fingerprint density at radius 2 is 1.95 bits per heavy atom. The summed E-state index contributed by atoms with van der Waals surface area (Å²) < 4.78 is 0. The Morgan fingerprint density at radius 3 is 2.62 bits per heavy atom. The number of benzene rings is 1. The van der Waals surface area contributed by atoms with Crippen molar-refractivity contribution in [3.8, 4) is 0 Å². The molecule has 7 heteroatoms. The summed E-state index contributed by atoms with van der Waals surface area (Å²) in [6, 6.07) is 3.13. The molecule has 2 aliphatic rings. The minimum Gasteiger partial charge on any atom is -0.365 e. The van der Waals surface area contributed by atoms with E-state index in [9.17, 15) is 10.1 Å². The molecule has 0 spiro atoms. The van der Waals surface area contributed by atoms with Gasteiger partial charge in [0.1, 0.15) is 5.69 Å². The highest BCUT2D eigenvalue weighted by atomic mass is 35.5. The average Bonchev–Trinajstić information content (AvgIpc) is 2.86. The number of anilines is 1. The van der Waals surface area contributed by atoms with Crippen LogP contribution in [0.3, 0.4) is 0 Å². The van der Waals surface area contributed by atoms with Crippen LogP contribution in [0.5, 0.6) is 0 Å². The Morgan fingerprint density at radius 1 is 1.24 bits per heavy atom. The average molecular weight is 330 g/mol. The summed E-state index contributed by atoms with van der Waals surface area (Å²) in [5.41, 5.74) is 6.77. The Hall–Kier alpha value is -1.04. The molecule has 3 unspecified atom stereocenters. The molecule has 1 aliphatic carbocycles. The molecule has 0 bridgehead atoms. The van der Waals surface area contributed by atoms with Crippen LogP contribution in [-0.2, 0) is 0 Å². The number of nitro benzene ring substituents is 1. The van der Waals surface area contributed by atoms with Crippen LogP contribution in [0.4, 0.5) is 11.4 Å². The van der Waals surface area contributed by atoms with Gasteiger partial charge >= 0.3 is 0 Å². The van der Waals surface area contributed by atoms with E-state index in [-0.39, 0.29) is 16.8 Å². The molecule has 1 aliphatic heterocycles. The number of nitrogens with two attached hydrogens (primary N) is 1. The zero-order valence-electron chi connectivity index (χ0n) is 11.5. The number of nitro groups is 1. The quantitative estimate of drug-likeness (QED) is 0.666. The van der Waals surface area contributed by atoms with E-state index in [1.807, 2.05) is 4.90 Å². The summed E-state index contributed by atoms with van der Waals surface area (Å²) >= 11 is 12.0.